The summed E-state index contributed by atoms with van der Waals surface area (Å²) >= 11 is 0. The van der Waals surface area contributed by atoms with Crippen LogP contribution in [0.25, 0.3) is 0 Å². The Kier molecular flexibility index (Phi) is 37.2. The summed E-state index contributed by atoms with van der Waals surface area (Å²) < 4.78 is 4.72. The van der Waals surface area contributed by atoms with Crippen LogP contribution in [-0.4, -0.2) is 107 Å². The summed E-state index contributed by atoms with van der Waals surface area (Å²) in [5.74, 6) is -0.981. The number of isocyanates is 2. The van der Waals surface area contributed by atoms with Crippen LogP contribution in [0.5, 0.6) is 0 Å². The number of hydrogen-bond donors (Lipinski definition) is 7. The van der Waals surface area contributed by atoms with Crippen molar-refractivity contribution in [1.82, 2.24) is 0 Å². The standard InChI is InChI=1S/C8H12N2O2.C6H14O5.C3H4O2.CH3NO2/c11-7-9-5-3-1-2-4-6-10-8-12;7-1-5(9)3-11-4-6(10)2-8;1-2-3(4)5;2-1(3)4/h1-6H2;5-10H,1-4H2;2H,1H2,(H,4,5);2H2,(H,3,4). The SMILES string of the molecule is C=CC(=O)O.NC(=O)O.O=C=NCCCCCCN=C=O.OCC(O)COCC(O)CO. The van der Waals surface area contributed by atoms with Crippen molar-refractivity contribution in [2.75, 3.05) is 39.5 Å². The molecule has 0 saturated heterocycles. The summed E-state index contributed by atoms with van der Waals surface area (Å²) in [7, 11) is 0. The second kappa shape index (κ2) is 32.7. The Hall–Kier alpha value is -2.96. The summed E-state index contributed by atoms with van der Waals surface area (Å²) in [5, 5.41) is 48.9. The minimum absolute atomic E-state index is 0.0342. The van der Waals surface area contributed by atoms with Crippen LogP contribution < -0.4 is 5.73 Å². The van der Waals surface area contributed by atoms with Crippen LogP contribution in [0.3, 0.4) is 0 Å². The van der Waals surface area contributed by atoms with Crippen LogP contribution in [0, 0.1) is 0 Å². The molecule has 0 heterocycles. The largest absolute Gasteiger partial charge is 0.478 e. The van der Waals surface area contributed by atoms with Gasteiger partial charge in [-0.25, -0.2) is 29.2 Å². The molecule has 0 radical (unpaired) electrons. The molecule has 2 unspecified atom stereocenters. The van der Waals surface area contributed by atoms with Crippen molar-refractivity contribution in [3.05, 3.63) is 12.7 Å². The average molecular weight is 467 g/mol. The highest BCUT2D eigenvalue weighted by Gasteiger charge is 2.04. The first-order chi connectivity index (χ1) is 15.1. The lowest BCUT2D eigenvalue weighted by Crippen LogP contribution is -2.25. The maximum absolute atomic E-state index is 9.63. The van der Waals surface area contributed by atoms with Gasteiger partial charge in [-0.15, -0.1) is 0 Å². The maximum atomic E-state index is 9.63. The van der Waals surface area contributed by atoms with Gasteiger partial charge in [0.2, 0.25) is 12.2 Å². The first-order valence-corrected chi connectivity index (χ1v) is 9.19. The number of primary amides is 1. The fourth-order valence-electron chi connectivity index (χ4n) is 1.27. The van der Waals surface area contributed by atoms with Crippen LogP contribution in [0.2, 0.25) is 0 Å². The normalized spacial score (nSPS) is 10.5. The second-order valence-corrected chi connectivity index (χ2v) is 5.45. The van der Waals surface area contributed by atoms with Crippen molar-refractivity contribution in [3.8, 4) is 0 Å². The van der Waals surface area contributed by atoms with Crippen molar-refractivity contribution >= 4 is 24.2 Å². The van der Waals surface area contributed by atoms with E-state index in [0.717, 1.165) is 31.8 Å². The lowest BCUT2D eigenvalue weighted by atomic mass is 10.2. The first-order valence-electron chi connectivity index (χ1n) is 9.19. The zero-order chi connectivity index (χ0) is 25.6. The molecule has 186 valence electrons. The van der Waals surface area contributed by atoms with Gasteiger partial charge in [0, 0.05) is 6.08 Å². The summed E-state index contributed by atoms with van der Waals surface area (Å²) in [5.41, 5.74) is 4.03. The molecule has 0 saturated carbocycles. The molecule has 0 aromatic heterocycles. The third-order valence-electron chi connectivity index (χ3n) is 2.64. The van der Waals surface area contributed by atoms with Gasteiger partial charge in [0.05, 0.1) is 39.5 Å². The molecular formula is C18H33N3O11. The molecule has 14 heteroatoms. The number of carbonyl (C=O) groups is 2. The molecule has 8 N–H and O–H groups in total. The summed E-state index contributed by atoms with van der Waals surface area (Å²) in [6.45, 7) is 3.27. The van der Waals surface area contributed by atoms with Gasteiger partial charge in [0.25, 0.3) is 0 Å². The lowest BCUT2D eigenvalue weighted by Gasteiger charge is -2.10. The van der Waals surface area contributed by atoms with Gasteiger partial charge in [-0.05, 0) is 12.8 Å². The molecule has 0 spiro atoms. The van der Waals surface area contributed by atoms with E-state index in [9.17, 15) is 14.4 Å². The minimum atomic E-state index is -1.33. The molecule has 0 bridgehead atoms. The van der Waals surface area contributed by atoms with Crippen LogP contribution in [-0.2, 0) is 19.1 Å². The number of nitrogens with zero attached hydrogens (tertiary/aromatic N) is 2. The van der Waals surface area contributed by atoms with Gasteiger partial charge in [-0.1, -0.05) is 19.4 Å². The molecule has 1 amide bonds. The Morgan fingerprint density at radius 2 is 1.22 bits per heavy atom. The number of rotatable bonds is 14. The zero-order valence-electron chi connectivity index (χ0n) is 17.7. The number of aliphatic carboxylic acids is 1. The molecule has 2 atom stereocenters. The van der Waals surface area contributed by atoms with Crippen molar-refractivity contribution < 1.29 is 54.6 Å². The number of carboxylic acid groups (broad SMARTS) is 2. The Balaban J connectivity index is -0.000000179. The van der Waals surface area contributed by atoms with Crippen LogP contribution in [0.4, 0.5) is 4.79 Å². The maximum Gasteiger partial charge on any atom is 0.402 e. The van der Waals surface area contributed by atoms with Crippen LogP contribution >= 0.6 is 0 Å². The number of aliphatic hydroxyl groups is 4. The number of hydrogen-bond acceptors (Lipinski definition) is 11. The van der Waals surface area contributed by atoms with Crippen molar-refractivity contribution in [3.63, 3.8) is 0 Å². The van der Waals surface area contributed by atoms with E-state index in [4.69, 9.17) is 40.2 Å². The zero-order valence-corrected chi connectivity index (χ0v) is 17.7. The predicted octanol–water partition coefficient (Wildman–Crippen LogP) is -1.19. The lowest BCUT2D eigenvalue weighted by molar-refractivity contribution is -0.131. The Morgan fingerprint density at radius 3 is 1.44 bits per heavy atom. The first kappa shape index (κ1) is 36.4. The third kappa shape index (κ3) is 56.3. The van der Waals surface area contributed by atoms with E-state index in [1.807, 2.05) is 0 Å². The van der Waals surface area contributed by atoms with E-state index >= 15 is 0 Å². The van der Waals surface area contributed by atoms with Crippen LogP contribution in [0.15, 0.2) is 22.6 Å². The number of carbonyl (C=O) groups excluding carboxylic acids is 2. The highest BCUT2D eigenvalue weighted by molar-refractivity contribution is 5.78. The van der Waals surface area contributed by atoms with E-state index in [2.05, 4.69) is 22.3 Å². The molecule has 0 aliphatic carbocycles. The van der Waals surface area contributed by atoms with Crippen LogP contribution in [0.1, 0.15) is 25.7 Å². The molecule has 32 heavy (non-hydrogen) atoms. The molecule has 0 aromatic carbocycles. The van der Waals surface area contributed by atoms with E-state index < -0.39 is 24.3 Å². The molecule has 0 aliphatic heterocycles. The predicted molar refractivity (Wildman–Crippen MR) is 111 cm³/mol. The number of ether oxygens (including phenoxy) is 1. The van der Waals surface area contributed by atoms with E-state index in [1.54, 1.807) is 0 Å². The number of carboxylic acids is 1. The van der Waals surface area contributed by atoms with Crippen molar-refractivity contribution in [2.45, 2.75) is 37.9 Å². The molecular weight excluding hydrogens is 434 g/mol. The van der Waals surface area contributed by atoms with E-state index in [0.29, 0.717) is 13.1 Å². The average Bonchev–Trinajstić information content (AvgIpc) is 2.75. The molecule has 14 nitrogen and oxygen atoms in total. The summed E-state index contributed by atoms with van der Waals surface area (Å²) in [6.07, 6.45) is 4.47. The quantitative estimate of drug-likeness (QED) is 0.0691. The number of aliphatic hydroxyl groups excluding tert-OH is 4. The topological polar surface area (TPSA) is 250 Å². The Labute approximate surface area is 185 Å². The fourth-order valence-corrected chi connectivity index (χ4v) is 1.27. The van der Waals surface area contributed by atoms with E-state index in [1.165, 1.54) is 12.2 Å². The molecule has 0 aliphatic rings. The Bertz CT molecular complexity index is 512. The number of unbranched alkanes of at least 4 members (excludes halogenated alkanes) is 3. The van der Waals surface area contributed by atoms with Gasteiger partial charge in [-0.3, -0.25) is 0 Å². The van der Waals surface area contributed by atoms with Gasteiger partial charge >= 0.3 is 12.1 Å². The molecule has 0 fully saturated rings. The molecule has 0 aromatic rings. The summed E-state index contributed by atoms with van der Waals surface area (Å²) in [6, 6.07) is 0. The number of amides is 1. The van der Waals surface area contributed by atoms with E-state index in [-0.39, 0.29) is 26.4 Å². The Morgan fingerprint density at radius 1 is 0.906 bits per heavy atom. The second-order valence-electron chi connectivity index (χ2n) is 5.45. The highest BCUT2D eigenvalue weighted by Crippen LogP contribution is 1.99. The van der Waals surface area contributed by atoms with Gasteiger partial charge in [-0.2, -0.15) is 0 Å². The van der Waals surface area contributed by atoms with Crippen molar-refractivity contribution in [1.29, 1.82) is 0 Å². The molecule has 0 rings (SSSR count). The smallest absolute Gasteiger partial charge is 0.402 e. The van der Waals surface area contributed by atoms with Gasteiger partial charge in [0.1, 0.15) is 12.2 Å². The van der Waals surface area contributed by atoms with Crippen molar-refractivity contribution in [2.24, 2.45) is 15.7 Å². The number of aliphatic imine (C=N–C) groups is 2. The summed E-state index contributed by atoms with van der Waals surface area (Å²) in [4.78, 5) is 44.1. The highest BCUT2D eigenvalue weighted by atomic mass is 16.5. The minimum Gasteiger partial charge on any atom is -0.478 e. The van der Waals surface area contributed by atoms with Gasteiger partial charge in [0.15, 0.2) is 0 Å². The fraction of sp³-hybridized carbons (Fsp3) is 0.667. The third-order valence-corrected chi connectivity index (χ3v) is 2.64. The van der Waals surface area contributed by atoms with Gasteiger partial charge < -0.3 is 41.1 Å². The monoisotopic (exact) mass is 467 g/mol. The number of nitrogens with two attached hydrogens (primary N) is 1.